The number of benzene rings is 2. The molecule has 0 atom stereocenters. The molecule has 0 aliphatic carbocycles. The fourth-order valence-corrected chi connectivity index (χ4v) is 1.91. The first kappa shape index (κ1) is 13.4. The molecule has 0 heterocycles. The minimum Gasteiger partial charge on any atom is -0.507 e. The molecule has 0 saturated carbocycles. The smallest absolute Gasteiger partial charge is 0.335 e. The van der Waals surface area contributed by atoms with Gasteiger partial charge >= 0.3 is 5.97 Å². The molecular weight excluding hydrogens is 271 g/mol. The van der Waals surface area contributed by atoms with Crippen molar-refractivity contribution in [3.8, 4) is 16.9 Å². The number of phenols is 1. The lowest BCUT2D eigenvalue weighted by Gasteiger charge is -2.09. The van der Waals surface area contributed by atoms with E-state index in [-0.39, 0.29) is 22.4 Å². The van der Waals surface area contributed by atoms with Crippen molar-refractivity contribution in [3.63, 3.8) is 0 Å². The molecule has 0 aliphatic rings. The highest BCUT2D eigenvalue weighted by molar-refractivity contribution is 6.31. The molecule has 0 amide bonds. The van der Waals surface area contributed by atoms with Gasteiger partial charge in [-0.15, -0.1) is 0 Å². The number of carboxylic acid groups (broad SMARTS) is 1. The summed E-state index contributed by atoms with van der Waals surface area (Å²) in [5.74, 6) is -1.94. The minimum absolute atomic E-state index is 0.000648. The highest BCUT2D eigenvalue weighted by atomic mass is 35.5. The molecule has 19 heavy (non-hydrogen) atoms. The quantitative estimate of drug-likeness (QED) is 0.878. The summed E-state index contributed by atoms with van der Waals surface area (Å²) >= 11 is 5.94. The van der Waals surface area contributed by atoms with Gasteiger partial charge in [-0.2, -0.15) is 0 Å². The lowest BCUT2D eigenvalue weighted by atomic mass is 10.00. The summed E-state index contributed by atoms with van der Waals surface area (Å²) in [7, 11) is 0. The molecular formula is C14H10ClFO3. The normalized spacial score (nSPS) is 10.5. The van der Waals surface area contributed by atoms with Gasteiger partial charge in [-0.3, -0.25) is 0 Å². The van der Waals surface area contributed by atoms with Crippen LogP contribution in [0.5, 0.6) is 5.75 Å². The second-order valence-corrected chi connectivity index (χ2v) is 4.53. The predicted octanol–water partition coefficient (Wildman–Crippen LogP) is 3.86. The summed E-state index contributed by atoms with van der Waals surface area (Å²) in [6.45, 7) is 1.70. The van der Waals surface area contributed by atoms with Crippen LogP contribution in [0.4, 0.5) is 4.39 Å². The lowest BCUT2D eigenvalue weighted by Crippen LogP contribution is -1.98. The van der Waals surface area contributed by atoms with Crippen molar-refractivity contribution >= 4 is 17.6 Å². The van der Waals surface area contributed by atoms with Gasteiger partial charge in [-0.05, 0) is 42.8 Å². The number of hydrogen-bond donors (Lipinski definition) is 2. The molecule has 5 heteroatoms. The molecule has 2 aromatic carbocycles. The van der Waals surface area contributed by atoms with Gasteiger partial charge in [0.15, 0.2) is 0 Å². The van der Waals surface area contributed by atoms with Gasteiger partial charge in [0, 0.05) is 16.1 Å². The van der Waals surface area contributed by atoms with Gasteiger partial charge in [-0.1, -0.05) is 11.6 Å². The van der Waals surface area contributed by atoms with Crippen molar-refractivity contribution in [3.05, 3.63) is 52.3 Å². The van der Waals surface area contributed by atoms with Crippen molar-refractivity contribution < 1.29 is 19.4 Å². The fraction of sp³-hybridized carbons (Fsp3) is 0.0714. The first-order valence-electron chi connectivity index (χ1n) is 5.42. The number of aromatic hydroxyl groups is 1. The average Bonchev–Trinajstić information content (AvgIpc) is 2.34. The van der Waals surface area contributed by atoms with Gasteiger partial charge in [-0.25, -0.2) is 9.18 Å². The topological polar surface area (TPSA) is 57.5 Å². The summed E-state index contributed by atoms with van der Waals surface area (Å²) < 4.78 is 13.8. The number of halogens is 2. The third-order valence-electron chi connectivity index (χ3n) is 2.78. The minimum atomic E-state index is -1.17. The number of aromatic carboxylic acids is 1. The van der Waals surface area contributed by atoms with Crippen molar-refractivity contribution in [2.75, 3.05) is 0 Å². The Labute approximate surface area is 113 Å². The summed E-state index contributed by atoms with van der Waals surface area (Å²) in [5, 5.41) is 19.1. The van der Waals surface area contributed by atoms with Crippen LogP contribution in [0.3, 0.4) is 0 Å². The van der Waals surface area contributed by atoms with E-state index in [1.807, 2.05) is 0 Å². The van der Waals surface area contributed by atoms with Crippen molar-refractivity contribution in [2.24, 2.45) is 0 Å². The van der Waals surface area contributed by atoms with Gasteiger partial charge in [0.1, 0.15) is 11.6 Å². The van der Waals surface area contributed by atoms with Gasteiger partial charge in [0.25, 0.3) is 0 Å². The Morgan fingerprint density at radius 3 is 2.53 bits per heavy atom. The monoisotopic (exact) mass is 280 g/mol. The Hall–Kier alpha value is -2.07. The Bertz CT molecular complexity index is 668. The largest absolute Gasteiger partial charge is 0.507 e. The molecule has 0 fully saturated rings. The summed E-state index contributed by atoms with van der Waals surface area (Å²) in [5.41, 5.74) is 0.751. The Morgan fingerprint density at radius 1 is 1.21 bits per heavy atom. The molecule has 2 rings (SSSR count). The van der Waals surface area contributed by atoms with Gasteiger partial charge < -0.3 is 10.2 Å². The molecule has 0 radical (unpaired) electrons. The van der Waals surface area contributed by atoms with E-state index in [1.54, 1.807) is 6.92 Å². The van der Waals surface area contributed by atoms with E-state index in [4.69, 9.17) is 16.7 Å². The maximum Gasteiger partial charge on any atom is 0.335 e. The van der Waals surface area contributed by atoms with Crippen molar-refractivity contribution in [2.45, 2.75) is 6.92 Å². The second kappa shape index (κ2) is 4.90. The highest BCUT2D eigenvalue weighted by Crippen LogP contribution is 2.35. The third-order valence-corrected chi connectivity index (χ3v) is 3.19. The van der Waals surface area contributed by atoms with E-state index in [1.165, 1.54) is 18.2 Å². The first-order valence-corrected chi connectivity index (χ1v) is 5.80. The molecule has 0 saturated heterocycles. The lowest BCUT2D eigenvalue weighted by molar-refractivity contribution is 0.0697. The van der Waals surface area contributed by atoms with Gasteiger partial charge in [0.2, 0.25) is 0 Å². The third kappa shape index (κ3) is 2.53. The Balaban J connectivity index is 2.67. The fourth-order valence-electron chi connectivity index (χ4n) is 1.75. The second-order valence-electron chi connectivity index (χ2n) is 4.12. The van der Waals surface area contributed by atoms with Crippen LogP contribution in [0.1, 0.15) is 15.9 Å². The number of aryl methyl sites for hydroxylation is 1. The Kier molecular flexibility index (Phi) is 3.44. The molecule has 98 valence electrons. The molecule has 0 spiro atoms. The number of rotatable bonds is 2. The van der Waals surface area contributed by atoms with E-state index < -0.39 is 11.8 Å². The zero-order chi connectivity index (χ0) is 14.2. The van der Waals surface area contributed by atoms with Crippen LogP contribution >= 0.6 is 11.6 Å². The molecule has 0 unspecified atom stereocenters. The van der Waals surface area contributed by atoms with Crippen LogP contribution in [0.15, 0.2) is 30.3 Å². The SMILES string of the molecule is Cc1cc(O)c(-c2cc(C(=O)O)ccc2F)cc1Cl. The molecule has 3 nitrogen and oxygen atoms in total. The number of hydrogen-bond acceptors (Lipinski definition) is 2. The molecule has 0 aromatic heterocycles. The van der Waals surface area contributed by atoms with Crippen LogP contribution < -0.4 is 0 Å². The molecule has 0 bridgehead atoms. The predicted molar refractivity (Wildman–Crippen MR) is 70.2 cm³/mol. The van der Waals surface area contributed by atoms with Crippen molar-refractivity contribution in [1.29, 1.82) is 0 Å². The van der Waals surface area contributed by atoms with Gasteiger partial charge in [0.05, 0.1) is 5.56 Å². The number of carboxylic acids is 1. The molecule has 0 aliphatic heterocycles. The standard InChI is InChI=1S/C14H10ClFO3/c1-7-4-13(17)10(6-11(7)15)9-5-8(14(18)19)2-3-12(9)16/h2-6,17H,1H3,(H,18,19). The van der Waals surface area contributed by atoms with Crippen LogP contribution in [-0.2, 0) is 0 Å². The molecule has 2 aromatic rings. The zero-order valence-electron chi connectivity index (χ0n) is 9.95. The number of carbonyl (C=O) groups is 1. The van der Waals surface area contributed by atoms with E-state index in [9.17, 15) is 14.3 Å². The maximum absolute atomic E-state index is 13.8. The van der Waals surface area contributed by atoms with Crippen molar-refractivity contribution in [1.82, 2.24) is 0 Å². The summed E-state index contributed by atoms with van der Waals surface area (Å²) in [6, 6.07) is 6.19. The summed E-state index contributed by atoms with van der Waals surface area (Å²) in [6.07, 6.45) is 0. The average molecular weight is 281 g/mol. The first-order chi connectivity index (χ1) is 8.90. The van der Waals surface area contributed by atoms with E-state index in [0.717, 1.165) is 12.1 Å². The van der Waals surface area contributed by atoms with Crippen LogP contribution in [-0.4, -0.2) is 16.2 Å². The van der Waals surface area contributed by atoms with E-state index in [2.05, 4.69) is 0 Å². The van der Waals surface area contributed by atoms with Crippen LogP contribution in [0.25, 0.3) is 11.1 Å². The van der Waals surface area contributed by atoms with E-state index >= 15 is 0 Å². The van der Waals surface area contributed by atoms with Crippen LogP contribution in [0, 0.1) is 12.7 Å². The molecule has 2 N–H and O–H groups in total. The summed E-state index contributed by atoms with van der Waals surface area (Å²) in [4.78, 5) is 10.9. The zero-order valence-corrected chi connectivity index (χ0v) is 10.7. The maximum atomic E-state index is 13.8. The van der Waals surface area contributed by atoms with Crippen LogP contribution in [0.2, 0.25) is 5.02 Å². The van der Waals surface area contributed by atoms with E-state index in [0.29, 0.717) is 10.6 Å². The highest BCUT2D eigenvalue weighted by Gasteiger charge is 2.14. The number of phenolic OH excluding ortho intramolecular Hbond substituents is 1. The Morgan fingerprint density at radius 2 is 1.89 bits per heavy atom.